The molecule has 0 saturated carbocycles. The van der Waals surface area contributed by atoms with Crippen molar-refractivity contribution in [3.63, 3.8) is 0 Å². The SMILES string of the molecule is CCNC(c1ccccc1OC(F)(F)F)c1sccc1Cl. The Balaban J connectivity index is 2.44. The van der Waals surface area contributed by atoms with Gasteiger partial charge in [0.1, 0.15) is 5.75 Å². The van der Waals surface area contributed by atoms with Crippen LogP contribution in [0.5, 0.6) is 5.75 Å². The van der Waals surface area contributed by atoms with Crippen LogP contribution in [0.25, 0.3) is 0 Å². The molecule has 1 aromatic heterocycles. The van der Waals surface area contributed by atoms with Gasteiger partial charge in [-0.3, -0.25) is 0 Å². The first-order chi connectivity index (χ1) is 9.92. The number of benzene rings is 1. The molecule has 114 valence electrons. The Morgan fingerprint density at radius 1 is 1.29 bits per heavy atom. The van der Waals surface area contributed by atoms with E-state index in [0.29, 0.717) is 17.1 Å². The maximum absolute atomic E-state index is 12.5. The van der Waals surface area contributed by atoms with Crippen LogP contribution in [0, 0.1) is 0 Å². The lowest BCUT2D eigenvalue weighted by Crippen LogP contribution is -2.24. The molecule has 0 aliphatic rings. The maximum Gasteiger partial charge on any atom is 0.573 e. The molecule has 0 radical (unpaired) electrons. The van der Waals surface area contributed by atoms with E-state index in [4.69, 9.17) is 11.6 Å². The van der Waals surface area contributed by atoms with Gasteiger partial charge in [0.15, 0.2) is 0 Å². The summed E-state index contributed by atoms with van der Waals surface area (Å²) < 4.78 is 41.7. The summed E-state index contributed by atoms with van der Waals surface area (Å²) in [6.45, 7) is 2.46. The van der Waals surface area contributed by atoms with Crippen LogP contribution in [0.2, 0.25) is 5.02 Å². The third kappa shape index (κ3) is 4.12. The van der Waals surface area contributed by atoms with Crippen LogP contribution in [-0.2, 0) is 0 Å². The Hall–Kier alpha value is -1.24. The molecule has 21 heavy (non-hydrogen) atoms. The Kier molecular flexibility index (Phi) is 5.13. The number of thiophene rings is 1. The Labute approximate surface area is 129 Å². The zero-order chi connectivity index (χ0) is 15.5. The number of halogens is 4. The molecule has 0 saturated heterocycles. The van der Waals surface area contributed by atoms with Gasteiger partial charge < -0.3 is 10.1 Å². The molecule has 7 heteroatoms. The fourth-order valence-electron chi connectivity index (χ4n) is 2.00. The minimum Gasteiger partial charge on any atom is -0.405 e. The minimum absolute atomic E-state index is 0.222. The van der Waals surface area contributed by atoms with Crippen molar-refractivity contribution in [2.45, 2.75) is 19.3 Å². The lowest BCUT2D eigenvalue weighted by Gasteiger charge is -2.21. The highest BCUT2D eigenvalue weighted by molar-refractivity contribution is 7.10. The molecule has 2 rings (SSSR count). The van der Waals surface area contributed by atoms with Gasteiger partial charge in [-0.05, 0) is 24.1 Å². The number of para-hydroxylation sites is 1. The smallest absolute Gasteiger partial charge is 0.405 e. The molecule has 0 fully saturated rings. The quantitative estimate of drug-likeness (QED) is 0.830. The molecule has 2 aromatic rings. The van der Waals surface area contributed by atoms with Crippen LogP contribution >= 0.6 is 22.9 Å². The molecule has 0 aliphatic carbocycles. The topological polar surface area (TPSA) is 21.3 Å². The summed E-state index contributed by atoms with van der Waals surface area (Å²) in [5.41, 5.74) is 0.404. The first kappa shape index (κ1) is 16.1. The fourth-order valence-corrected chi connectivity index (χ4v) is 3.25. The minimum atomic E-state index is -4.73. The van der Waals surface area contributed by atoms with Crippen molar-refractivity contribution in [3.05, 3.63) is 51.2 Å². The number of nitrogens with one attached hydrogen (secondary N) is 1. The van der Waals surface area contributed by atoms with E-state index in [2.05, 4.69) is 10.1 Å². The summed E-state index contributed by atoms with van der Waals surface area (Å²) in [6, 6.07) is 7.35. The van der Waals surface area contributed by atoms with Crippen molar-refractivity contribution in [1.29, 1.82) is 0 Å². The molecule has 2 nitrogen and oxygen atoms in total. The maximum atomic E-state index is 12.5. The molecule has 1 atom stereocenters. The number of hydrogen-bond acceptors (Lipinski definition) is 3. The Morgan fingerprint density at radius 3 is 2.57 bits per heavy atom. The number of alkyl halides is 3. The second-order valence-corrected chi connectivity index (χ2v) is 5.56. The van der Waals surface area contributed by atoms with Crippen molar-refractivity contribution in [1.82, 2.24) is 5.32 Å². The van der Waals surface area contributed by atoms with E-state index in [-0.39, 0.29) is 5.75 Å². The van der Waals surface area contributed by atoms with Gasteiger partial charge in [0.05, 0.1) is 11.1 Å². The van der Waals surface area contributed by atoms with Crippen molar-refractivity contribution >= 4 is 22.9 Å². The predicted octanol–water partition coefficient (Wildman–Crippen LogP) is 5.00. The third-order valence-electron chi connectivity index (χ3n) is 2.77. The molecule has 1 N–H and O–H groups in total. The Morgan fingerprint density at radius 2 is 2.00 bits per heavy atom. The van der Waals surface area contributed by atoms with Crippen LogP contribution in [0.15, 0.2) is 35.7 Å². The molecule has 1 heterocycles. The van der Waals surface area contributed by atoms with Crippen molar-refractivity contribution in [3.8, 4) is 5.75 Å². The van der Waals surface area contributed by atoms with E-state index in [9.17, 15) is 13.2 Å². The van der Waals surface area contributed by atoms with Gasteiger partial charge in [-0.2, -0.15) is 0 Å². The van der Waals surface area contributed by atoms with E-state index >= 15 is 0 Å². The first-order valence-corrected chi connectivity index (χ1v) is 7.49. The largest absolute Gasteiger partial charge is 0.573 e. The predicted molar refractivity (Wildman–Crippen MR) is 78.0 cm³/mol. The lowest BCUT2D eigenvalue weighted by atomic mass is 10.0. The van der Waals surface area contributed by atoms with E-state index in [1.807, 2.05) is 6.92 Å². The lowest BCUT2D eigenvalue weighted by molar-refractivity contribution is -0.275. The van der Waals surface area contributed by atoms with E-state index in [1.165, 1.54) is 23.5 Å². The molecular formula is C14H13ClF3NOS. The van der Waals surface area contributed by atoms with Crippen LogP contribution in [-0.4, -0.2) is 12.9 Å². The van der Waals surface area contributed by atoms with E-state index in [1.54, 1.807) is 23.6 Å². The van der Waals surface area contributed by atoms with Gasteiger partial charge in [0.25, 0.3) is 0 Å². The summed E-state index contributed by atoms with van der Waals surface area (Å²) in [7, 11) is 0. The normalized spacial score (nSPS) is 13.2. The van der Waals surface area contributed by atoms with Gasteiger partial charge in [0, 0.05) is 10.4 Å². The fraction of sp³-hybridized carbons (Fsp3) is 0.286. The highest BCUT2D eigenvalue weighted by atomic mass is 35.5. The summed E-state index contributed by atoms with van der Waals surface area (Å²) in [4.78, 5) is 0.761. The first-order valence-electron chi connectivity index (χ1n) is 6.23. The molecule has 1 unspecified atom stereocenters. The Bertz CT molecular complexity index is 600. The van der Waals surface area contributed by atoms with Gasteiger partial charge in [-0.1, -0.05) is 36.7 Å². The standard InChI is InChI=1S/C14H13ClF3NOS/c1-2-19-12(13-10(15)7-8-21-13)9-5-3-4-6-11(9)20-14(16,17)18/h3-8,12,19H,2H2,1H3. The van der Waals surface area contributed by atoms with Crippen molar-refractivity contribution in [2.24, 2.45) is 0 Å². The molecule has 0 spiro atoms. The monoisotopic (exact) mass is 335 g/mol. The van der Waals surface area contributed by atoms with Gasteiger partial charge in [0.2, 0.25) is 0 Å². The van der Waals surface area contributed by atoms with Crippen LogP contribution in [0.1, 0.15) is 23.4 Å². The highest BCUT2D eigenvalue weighted by Gasteiger charge is 2.33. The van der Waals surface area contributed by atoms with Gasteiger partial charge in [-0.25, -0.2) is 0 Å². The van der Waals surface area contributed by atoms with Crippen LogP contribution in [0.4, 0.5) is 13.2 Å². The van der Waals surface area contributed by atoms with Crippen LogP contribution < -0.4 is 10.1 Å². The zero-order valence-corrected chi connectivity index (χ0v) is 12.6. The molecule has 0 aliphatic heterocycles. The second kappa shape index (κ2) is 6.68. The van der Waals surface area contributed by atoms with Gasteiger partial charge in [-0.15, -0.1) is 24.5 Å². The summed E-state index contributed by atoms with van der Waals surface area (Å²) in [5, 5.41) is 5.47. The molecule has 1 aromatic carbocycles. The molecule has 0 bridgehead atoms. The molecular weight excluding hydrogens is 323 g/mol. The van der Waals surface area contributed by atoms with Crippen molar-refractivity contribution in [2.75, 3.05) is 6.54 Å². The van der Waals surface area contributed by atoms with Crippen molar-refractivity contribution < 1.29 is 17.9 Å². The summed E-state index contributed by atoms with van der Waals surface area (Å²) in [6.07, 6.45) is -4.73. The molecule has 0 amide bonds. The third-order valence-corrected chi connectivity index (χ3v) is 4.19. The number of rotatable bonds is 5. The summed E-state index contributed by atoms with van der Waals surface area (Å²) >= 11 is 7.50. The number of hydrogen-bond donors (Lipinski definition) is 1. The van der Waals surface area contributed by atoms with E-state index in [0.717, 1.165) is 4.88 Å². The van der Waals surface area contributed by atoms with E-state index < -0.39 is 12.4 Å². The summed E-state index contributed by atoms with van der Waals surface area (Å²) in [5.74, 6) is -0.222. The van der Waals surface area contributed by atoms with Crippen LogP contribution in [0.3, 0.4) is 0 Å². The zero-order valence-electron chi connectivity index (χ0n) is 11.1. The highest BCUT2D eigenvalue weighted by Crippen LogP contribution is 2.38. The number of ether oxygens (including phenoxy) is 1. The average molecular weight is 336 g/mol. The van der Waals surface area contributed by atoms with Gasteiger partial charge >= 0.3 is 6.36 Å². The average Bonchev–Trinajstić information content (AvgIpc) is 2.81. The second-order valence-electron chi connectivity index (χ2n) is 4.21.